The van der Waals surface area contributed by atoms with Crippen LogP contribution in [0.15, 0.2) is 77.9 Å². The lowest BCUT2D eigenvalue weighted by Gasteiger charge is -2.33. The molecule has 4 unspecified atom stereocenters. The van der Waals surface area contributed by atoms with Gasteiger partial charge in [0.1, 0.15) is 17.6 Å². The van der Waals surface area contributed by atoms with E-state index in [0.29, 0.717) is 11.4 Å². The SMILES string of the molecule is COc1ccccc1N1C(=O)C2C(C1=O)C1c3ccccc3C=NN1C2C(=O)c1ccc(F)cc1. The maximum absolute atomic E-state index is 13.9. The van der Waals surface area contributed by atoms with Crippen LogP contribution in [0.5, 0.6) is 5.75 Å². The lowest BCUT2D eigenvalue weighted by molar-refractivity contribution is -0.124. The molecule has 7 nitrogen and oxygen atoms in total. The van der Waals surface area contributed by atoms with Crippen LogP contribution in [0.25, 0.3) is 0 Å². The van der Waals surface area contributed by atoms with Gasteiger partial charge >= 0.3 is 0 Å². The average molecular weight is 469 g/mol. The molecule has 0 aromatic heterocycles. The van der Waals surface area contributed by atoms with Crippen LogP contribution in [-0.2, 0) is 9.59 Å². The Kier molecular flexibility index (Phi) is 4.77. The van der Waals surface area contributed by atoms with Crippen molar-refractivity contribution in [3.63, 3.8) is 0 Å². The van der Waals surface area contributed by atoms with E-state index in [-0.39, 0.29) is 11.3 Å². The van der Waals surface area contributed by atoms with Crippen molar-refractivity contribution in [1.29, 1.82) is 0 Å². The van der Waals surface area contributed by atoms with Crippen molar-refractivity contribution in [2.45, 2.75) is 12.1 Å². The van der Waals surface area contributed by atoms with E-state index in [9.17, 15) is 18.8 Å². The minimum atomic E-state index is -1.02. The van der Waals surface area contributed by atoms with E-state index in [4.69, 9.17) is 4.74 Å². The molecule has 174 valence electrons. The van der Waals surface area contributed by atoms with Crippen LogP contribution < -0.4 is 9.64 Å². The number of benzene rings is 3. The first-order valence-corrected chi connectivity index (χ1v) is 11.2. The molecule has 3 aromatic rings. The van der Waals surface area contributed by atoms with Gasteiger partial charge in [-0.3, -0.25) is 19.4 Å². The largest absolute Gasteiger partial charge is 0.495 e. The normalized spacial score (nSPS) is 24.3. The number of amides is 2. The Morgan fingerprint density at radius 2 is 1.60 bits per heavy atom. The lowest BCUT2D eigenvalue weighted by Crippen LogP contribution is -2.44. The number of rotatable bonds is 4. The third-order valence-electron chi connectivity index (χ3n) is 7.02. The Hall–Kier alpha value is -4.33. The fraction of sp³-hybridized carbons (Fsp3) is 0.185. The number of imide groups is 1. The molecule has 4 atom stereocenters. The number of hydrogen-bond acceptors (Lipinski definition) is 6. The molecule has 0 spiro atoms. The quantitative estimate of drug-likeness (QED) is 0.431. The van der Waals surface area contributed by atoms with Gasteiger partial charge in [-0.2, -0.15) is 5.10 Å². The highest BCUT2D eigenvalue weighted by Gasteiger charge is 2.65. The number of ether oxygens (including phenoxy) is 1. The first-order chi connectivity index (χ1) is 17.0. The summed E-state index contributed by atoms with van der Waals surface area (Å²) in [4.78, 5) is 42.6. The summed E-state index contributed by atoms with van der Waals surface area (Å²) < 4.78 is 18.9. The van der Waals surface area contributed by atoms with Gasteiger partial charge in [-0.05, 0) is 47.5 Å². The number of carbonyl (C=O) groups is 3. The van der Waals surface area contributed by atoms with Crippen LogP contribution in [-0.4, -0.2) is 42.0 Å². The van der Waals surface area contributed by atoms with Crippen molar-refractivity contribution in [2.24, 2.45) is 16.9 Å². The van der Waals surface area contributed by atoms with Crippen molar-refractivity contribution in [3.8, 4) is 5.75 Å². The van der Waals surface area contributed by atoms with Crippen molar-refractivity contribution in [2.75, 3.05) is 12.0 Å². The molecule has 2 fully saturated rings. The Bertz CT molecular complexity index is 1400. The molecule has 3 aliphatic heterocycles. The van der Waals surface area contributed by atoms with E-state index in [1.165, 1.54) is 31.4 Å². The fourth-order valence-electron chi connectivity index (χ4n) is 5.51. The van der Waals surface area contributed by atoms with Gasteiger partial charge in [-0.25, -0.2) is 9.29 Å². The highest BCUT2D eigenvalue weighted by atomic mass is 19.1. The predicted molar refractivity (Wildman–Crippen MR) is 126 cm³/mol. The van der Waals surface area contributed by atoms with E-state index in [2.05, 4.69) is 5.10 Å². The molecule has 35 heavy (non-hydrogen) atoms. The van der Waals surface area contributed by atoms with Crippen molar-refractivity contribution < 1.29 is 23.5 Å². The molecular formula is C27H20FN3O4. The summed E-state index contributed by atoms with van der Waals surface area (Å²) in [5.41, 5.74) is 2.25. The molecule has 6 rings (SSSR count). The zero-order valence-electron chi connectivity index (χ0n) is 18.7. The third kappa shape index (κ3) is 3.02. The second kappa shape index (κ2) is 7.87. The lowest BCUT2D eigenvalue weighted by atomic mass is 9.83. The summed E-state index contributed by atoms with van der Waals surface area (Å²) in [6.45, 7) is 0. The summed E-state index contributed by atoms with van der Waals surface area (Å²) >= 11 is 0. The first kappa shape index (κ1) is 21.2. The van der Waals surface area contributed by atoms with E-state index in [0.717, 1.165) is 16.0 Å². The van der Waals surface area contributed by atoms with Gasteiger partial charge in [0.05, 0.1) is 36.9 Å². The Morgan fingerprint density at radius 3 is 2.37 bits per heavy atom. The van der Waals surface area contributed by atoms with Crippen LogP contribution in [0, 0.1) is 17.7 Å². The Balaban J connectivity index is 1.51. The summed E-state index contributed by atoms with van der Waals surface area (Å²) in [7, 11) is 1.47. The first-order valence-electron chi connectivity index (χ1n) is 11.2. The summed E-state index contributed by atoms with van der Waals surface area (Å²) in [6.07, 6.45) is 1.64. The summed E-state index contributed by atoms with van der Waals surface area (Å²) in [5, 5.41) is 6.11. The number of anilines is 1. The number of para-hydroxylation sites is 2. The molecule has 2 amide bonds. The second-order valence-electron chi connectivity index (χ2n) is 8.75. The van der Waals surface area contributed by atoms with E-state index >= 15 is 0 Å². The highest BCUT2D eigenvalue weighted by Crippen LogP contribution is 2.53. The zero-order valence-corrected chi connectivity index (χ0v) is 18.7. The number of carbonyl (C=O) groups excluding carboxylic acids is 3. The number of hydrogen-bond donors (Lipinski definition) is 0. The van der Waals surface area contributed by atoms with E-state index in [1.807, 2.05) is 24.3 Å². The van der Waals surface area contributed by atoms with Gasteiger partial charge in [0.25, 0.3) is 0 Å². The number of halogens is 1. The predicted octanol–water partition coefficient (Wildman–Crippen LogP) is 3.60. The molecule has 0 saturated carbocycles. The van der Waals surface area contributed by atoms with E-state index in [1.54, 1.807) is 35.5 Å². The molecule has 0 bridgehead atoms. The van der Waals surface area contributed by atoms with Crippen LogP contribution in [0.3, 0.4) is 0 Å². The number of ketones is 1. The Labute approximate surface area is 200 Å². The molecule has 0 radical (unpaired) electrons. The standard InChI is InChI=1S/C27H20FN3O4/c1-35-20-9-5-4-8-19(20)30-26(33)21-22(27(30)34)24(25(32)15-10-12-17(28)13-11-15)31-23(21)18-7-3-2-6-16(18)14-29-31/h2-14,21-24H,1H3. The molecule has 3 heterocycles. The van der Waals surface area contributed by atoms with E-state index < -0.39 is 41.6 Å². The zero-order chi connectivity index (χ0) is 24.3. The van der Waals surface area contributed by atoms with Crippen molar-refractivity contribution in [3.05, 3.63) is 95.3 Å². The van der Waals surface area contributed by atoms with Crippen molar-refractivity contribution >= 4 is 29.5 Å². The van der Waals surface area contributed by atoms with Gasteiger partial charge < -0.3 is 4.74 Å². The second-order valence-corrected chi connectivity index (χ2v) is 8.75. The molecule has 3 aliphatic rings. The Morgan fingerprint density at radius 1 is 0.914 bits per heavy atom. The molecular weight excluding hydrogens is 449 g/mol. The van der Waals surface area contributed by atoms with Crippen LogP contribution in [0.1, 0.15) is 27.5 Å². The van der Waals surface area contributed by atoms with Crippen LogP contribution >= 0.6 is 0 Å². The number of fused-ring (bicyclic) bond motifs is 5. The van der Waals surface area contributed by atoms with Crippen molar-refractivity contribution in [1.82, 2.24) is 5.01 Å². The highest BCUT2D eigenvalue weighted by molar-refractivity contribution is 6.25. The van der Waals surface area contributed by atoms with Gasteiger partial charge in [0, 0.05) is 5.56 Å². The number of methoxy groups -OCH3 is 1. The van der Waals surface area contributed by atoms with Crippen LogP contribution in [0.4, 0.5) is 10.1 Å². The number of nitrogens with zero attached hydrogens (tertiary/aromatic N) is 3. The smallest absolute Gasteiger partial charge is 0.240 e. The van der Waals surface area contributed by atoms with Gasteiger partial charge in [-0.15, -0.1) is 0 Å². The van der Waals surface area contributed by atoms with Gasteiger partial charge in [0.15, 0.2) is 5.78 Å². The topological polar surface area (TPSA) is 79.3 Å². The minimum Gasteiger partial charge on any atom is -0.495 e. The molecule has 3 aromatic carbocycles. The average Bonchev–Trinajstić information content (AvgIpc) is 3.36. The number of Topliss-reactive ketones (excluding diaryl/α,β-unsaturated/α-hetero) is 1. The molecule has 8 heteroatoms. The molecule has 0 N–H and O–H groups in total. The summed E-state index contributed by atoms with van der Waals surface area (Å²) in [6, 6.07) is 17.9. The number of hydrazone groups is 1. The van der Waals surface area contributed by atoms with Gasteiger partial charge in [-0.1, -0.05) is 36.4 Å². The minimum absolute atomic E-state index is 0.251. The molecule has 0 aliphatic carbocycles. The molecule has 2 saturated heterocycles. The van der Waals surface area contributed by atoms with Crippen LogP contribution in [0.2, 0.25) is 0 Å². The third-order valence-corrected chi connectivity index (χ3v) is 7.02. The monoisotopic (exact) mass is 469 g/mol. The van der Waals surface area contributed by atoms with Gasteiger partial charge in [0.2, 0.25) is 11.8 Å². The maximum atomic E-state index is 13.9. The fourth-order valence-corrected chi connectivity index (χ4v) is 5.51. The maximum Gasteiger partial charge on any atom is 0.240 e. The summed E-state index contributed by atoms with van der Waals surface area (Å²) in [5.74, 6) is -3.13.